The van der Waals surface area contributed by atoms with Gasteiger partial charge < -0.3 is 4.74 Å². The minimum absolute atomic E-state index is 0.371. The van der Waals surface area contributed by atoms with E-state index in [2.05, 4.69) is 4.74 Å². The van der Waals surface area contributed by atoms with Crippen LogP contribution in [0.1, 0.15) is 26.7 Å². The highest BCUT2D eigenvalue weighted by atomic mass is 32.2. The van der Waals surface area contributed by atoms with E-state index in [0.29, 0.717) is 6.42 Å². The second kappa shape index (κ2) is 6.04. The third-order valence-corrected chi connectivity index (χ3v) is 3.37. The van der Waals surface area contributed by atoms with Gasteiger partial charge in [0.15, 0.2) is 0 Å². The Bertz CT molecular complexity index is 420. The summed E-state index contributed by atoms with van der Waals surface area (Å²) >= 11 is 0. The van der Waals surface area contributed by atoms with E-state index >= 15 is 0 Å². The molecule has 0 amide bonds. The van der Waals surface area contributed by atoms with Crippen molar-refractivity contribution >= 4 is 16.1 Å². The number of esters is 1. The summed E-state index contributed by atoms with van der Waals surface area (Å²) in [5.74, 6) is -6.49. The van der Waals surface area contributed by atoms with Crippen LogP contribution in [0.25, 0.3) is 0 Å². The fourth-order valence-electron chi connectivity index (χ4n) is 0.923. The van der Waals surface area contributed by atoms with Crippen LogP contribution in [-0.2, 0) is 19.6 Å². The first-order valence-electron chi connectivity index (χ1n) is 5.26. The van der Waals surface area contributed by atoms with Crippen molar-refractivity contribution in [1.82, 2.24) is 0 Å². The van der Waals surface area contributed by atoms with Crippen LogP contribution in [0.5, 0.6) is 0 Å². The summed E-state index contributed by atoms with van der Waals surface area (Å²) < 4.78 is 84.1. The summed E-state index contributed by atoms with van der Waals surface area (Å²) in [6.45, 7) is 2.00. The van der Waals surface area contributed by atoms with Crippen molar-refractivity contribution in [2.45, 2.75) is 37.9 Å². The second-order valence-electron chi connectivity index (χ2n) is 3.92. The van der Waals surface area contributed by atoms with Crippen LogP contribution >= 0.6 is 0 Å². The summed E-state index contributed by atoms with van der Waals surface area (Å²) in [4.78, 5) is 11.1. The standard InChI is InChI=1S/C9H14F4O5S/c1-3-6(2)7(14)18-5-4-8(10,11)9(12,13)19(15,16)17/h6H,3-5H2,1-2H3,(H,15,16,17). The van der Waals surface area contributed by atoms with Crippen molar-refractivity contribution < 1.29 is 40.1 Å². The molecule has 0 radical (unpaired) electrons. The Morgan fingerprint density at radius 2 is 1.79 bits per heavy atom. The summed E-state index contributed by atoms with van der Waals surface area (Å²) in [6, 6.07) is 0. The van der Waals surface area contributed by atoms with Crippen molar-refractivity contribution in [3.05, 3.63) is 0 Å². The molecule has 0 bridgehead atoms. The largest absolute Gasteiger partial charge is 0.465 e. The molecule has 0 aliphatic rings. The number of hydrogen-bond donors (Lipinski definition) is 1. The molecule has 19 heavy (non-hydrogen) atoms. The molecule has 0 rings (SSSR count). The van der Waals surface area contributed by atoms with Crippen molar-refractivity contribution in [2.75, 3.05) is 6.61 Å². The lowest BCUT2D eigenvalue weighted by atomic mass is 10.1. The summed E-state index contributed by atoms with van der Waals surface area (Å²) in [6.07, 6.45) is -1.35. The van der Waals surface area contributed by atoms with Gasteiger partial charge in [-0.25, -0.2) is 0 Å². The van der Waals surface area contributed by atoms with Crippen LogP contribution in [0.15, 0.2) is 0 Å². The smallest absolute Gasteiger partial charge is 0.431 e. The van der Waals surface area contributed by atoms with E-state index in [9.17, 15) is 30.8 Å². The summed E-state index contributed by atoms with van der Waals surface area (Å²) in [5.41, 5.74) is 0. The van der Waals surface area contributed by atoms with Gasteiger partial charge in [-0.05, 0) is 6.42 Å². The molecule has 0 aromatic rings. The Labute approximate surface area is 107 Å². The van der Waals surface area contributed by atoms with Crippen molar-refractivity contribution in [3.63, 3.8) is 0 Å². The summed E-state index contributed by atoms with van der Waals surface area (Å²) in [7, 11) is -6.26. The third kappa shape index (κ3) is 4.30. The number of rotatable bonds is 7. The van der Waals surface area contributed by atoms with Gasteiger partial charge in [-0.2, -0.15) is 26.0 Å². The zero-order valence-electron chi connectivity index (χ0n) is 10.2. The number of carbonyl (C=O) groups is 1. The van der Waals surface area contributed by atoms with Gasteiger partial charge in [0, 0.05) is 0 Å². The van der Waals surface area contributed by atoms with Gasteiger partial charge in [-0.15, -0.1) is 0 Å². The van der Waals surface area contributed by atoms with E-state index in [1.165, 1.54) is 6.92 Å². The molecule has 10 heteroatoms. The molecule has 114 valence electrons. The third-order valence-electron chi connectivity index (χ3n) is 2.42. The van der Waals surface area contributed by atoms with Gasteiger partial charge in [0.25, 0.3) is 0 Å². The molecule has 0 saturated heterocycles. The molecule has 1 atom stereocenters. The van der Waals surface area contributed by atoms with Crippen LogP contribution in [-0.4, -0.2) is 36.7 Å². The predicted molar refractivity (Wildman–Crippen MR) is 56.5 cm³/mol. The molecule has 0 aliphatic heterocycles. The quantitative estimate of drug-likeness (QED) is 0.442. The molecule has 1 unspecified atom stereocenters. The van der Waals surface area contributed by atoms with E-state index in [0.717, 1.165) is 0 Å². The van der Waals surface area contributed by atoms with Gasteiger partial charge in [-0.3, -0.25) is 9.35 Å². The molecule has 0 fully saturated rings. The predicted octanol–water partition coefficient (Wildman–Crippen LogP) is 2.08. The molecule has 5 nitrogen and oxygen atoms in total. The van der Waals surface area contributed by atoms with Crippen LogP contribution < -0.4 is 0 Å². The first-order chi connectivity index (χ1) is 8.37. The Morgan fingerprint density at radius 1 is 1.32 bits per heavy atom. The van der Waals surface area contributed by atoms with Crippen LogP contribution in [0.3, 0.4) is 0 Å². The van der Waals surface area contributed by atoms with Gasteiger partial charge in [0.05, 0.1) is 18.9 Å². The number of ether oxygens (including phenoxy) is 1. The lowest BCUT2D eigenvalue weighted by Gasteiger charge is -2.23. The first-order valence-corrected chi connectivity index (χ1v) is 6.70. The Morgan fingerprint density at radius 3 is 2.16 bits per heavy atom. The molecule has 0 spiro atoms. The Kier molecular flexibility index (Phi) is 5.75. The van der Waals surface area contributed by atoms with E-state index in [1.807, 2.05) is 0 Å². The van der Waals surface area contributed by atoms with Gasteiger partial charge >= 0.3 is 27.3 Å². The Hall–Kier alpha value is -0.900. The van der Waals surface area contributed by atoms with E-state index in [4.69, 9.17) is 4.55 Å². The molecule has 0 heterocycles. The van der Waals surface area contributed by atoms with Crippen molar-refractivity contribution in [1.29, 1.82) is 0 Å². The minimum Gasteiger partial charge on any atom is -0.465 e. The minimum atomic E-state index is -6.26. The van der Waals surface area contributed by atoms with Gasteiger partial charge in [0.2, 0.25) is 0 Å². The SMILES string of the molecule is CCC(C)C(=O)OCCC(F)(F)C(F)(F)S(=O)(=O)O. The van der Waals surface area contributed by atoms with Crippen molar-refractivity contribution in [3.8, 4) is 0 Å². The molecule has 0 saturated carbocycles. The fraction of sp³-hybridized carbons (Fsp3) is 0.889. The number of halogens is 4. The van der Waals surface area contributed by atoms with Gasteiger partial charge in [-0.1, -0.05) is 13.8 Å². The molecular weight excluding hydrogens is 296 g/mol. The topological polar surface area (TPSA) is 80.7 Å². The normalized spacial score (nSPS) is 15.1. The Balaban J connectivity index is 4.61. The zero-order chi connectivity index (χ0) is 15.5. The van der Waals surface area contributed by atoms with E-state index in [-0.39, 0.29) is 0 Å². The highest BCUT2D eigenvalue weighted by Gasteiger charge is 2.65. The average molecular weight is 310 g/mol. The lowest BCUT2D eigenvalue weighted by Crippen LogP contribution is -2.47. The fourth-order valence-corrected chi connectivity index (χ4v) is 1.40. The number of alkyl halides is 4. The van der Waals surface area contributed by atoms with Gasteiger partial charge in [0.1, 0.15) is 0 Å². The van der Waals surface area contributed by atoms with Crippen LogP contribution in [0.4, 0.5) is 17.6 Å². The highest BCUT2D eigenvalue weighted by molar-refractivity contribution is 7.87. The molecule has 0 aliphatic carbocycles. The van der Waals surface area contributed by atoms with E-state index in [1.54, 1.807) is 6.92 Å². The molecule has 0 aromatic carbocycles. The maximum atomic E-state index is 13.0. The maximum Gasteiger partial charge on any atom is 0.431 e. The summed E-state index contributed by atoms with van der Waals surface area (Å²) in [5, 5.41) is -5.64. The number of hydrogen-bond acceptors (Lipinski definition) is 4. The highest BCUT2D eigenvalue weighted by Crippen LogP contribution is 2.40. The number of carbonyl (C=O) groups excluding carboxylic acids is 1. The first kappa shape index (κ1) is 18.1. The lowest BCUT2D eigenvalue weighted by molar-refractivity contribution is -0.175. The second-order valence-corrected chi connectivity index (χ2v) is 5.39. The monoisotopic (exact) mass is 310 g/mol. The average Bonchev–Trinajstić information content (AvgIpc) is 2.25. The van der Waals surface area contributed by atoms with E-state index < -0.39 is 46.2 Å². The zero-order valence-corrected chi connectivity index (χ0v) is 11.0. The van der Waals surface area contributed by atoms with Crippen molar-refractivity contribution in [2.24, 2.45) is 5.92 Å². The molecule has 0 aromatic heterocycles. The maximum absolute atomic E-state index is 13.0. The van der Waals surface area contributed by atoms with Crippen LogP contribution in [0.2, 0.25) is 0 Å². The van der Waals surface area contributed by atoms with Crippen LogP contribution in [0, 0.1) is 5.92 Å². The molecule has 1 N–H and O–H groups in total. The molecular formula is C9H14F4O5S.